The number of urea groups is 1. The number of nitrogens with zero attached hydrogens (tertiary/aromatic N) is 2. The molecule has 0 spiro atoms. The number of hydrogen-bond donors (Lipinski definition) is 1. The van der Waals surface area contributed by atoms with Crippen LogP contribution in [0.15, 0.2) is 18.2 Å². The molecule has 2 heterocycles. The van der Waals surface area contributed by atoms with Gasteiger partial charge in [-0.2, -0.15) is 0 Å². The lowest BCUT2D eigenvalue weighted by atomic mass is 10.1. The second-order valence-electron chi connectivity index (χ2n) is 5.34. The van der Waals surface area contributed by atoms with Crippen molar-refractivity contribution in [3.8, 4) is 0 Å². The van der Waals surface area contributed by atoms with Gasteiger partial charge in [0, 0.05) is 37.7 Å². The number of piperazine rings is 1. The normalized spacial score (nSPS) is 23.4. The molecule has 1 aromatic rings. The minimum atomic E-state index is 0.0901. The van der Waals surface area contributed by atoms with Crippen molar-refractivity contribution in [2.75, 3.05) is 26.2 Å². The van der Waals surface area contributed by atoms with E-state index in [0.29, 0.717) is 6.04 Å². The van der Waals surface area contributed by atoms with Gasteiger partial charge in [-0.3, -0.25) is 4.90 Å². The minimum absolute atomic E-state index is 0.0901. The van der Waals surface area contributed by atoms with Crippen LogP contribution in [0.2, 0.25) is 5.02 Å². The summed E-state index contributed by atoms with van der Waals surface area (Å²) in [5.74, 6) is 0. The van der Waals surface area contributed by atoms with E-state index in [9.17, 15) is 4.79 Å². The van der Waals surface area contributed by atoms with Crippen LogP contribution in [0.25, 0.3) is 0 Å². The first-order valence-corrected chi connectivity index (χ1v) is 7.03. The number of rotatable bonds is 2. The maximum atomic E-state index is 11.5. The van der Waals surface area contributed by atoms with E-state index in [1.54, 1.807) is 0 Å². The second-order valence-corrected chi connectivity index (χ2v) is 5.78. The number of fused-ring (bicyclic) bond motifs is 1. The Labute approximate surface area is 118 Å². The Morgan fingerprint density at radius 1 is 1.42 bits per heavy atom. The average Bonchev–Trinajstić information content (AvgIpc) is 2.74. The number of nitrogens with one attached hydrogen (secondary N) is 1. The van der Waals surface area contributed by atoms with Gasteiger partial charge < -0.3 is 10.2 Å². The van der Waals surface area contributed by atoms with Gasteiger partial charge >= 0.3 is 6.03 Å². The molecule has 1 atom stereocenters. The van der Waals surface area contributed by atoms with Gasteiger partial charge in [-0.15, -0.1) is 0 Å². The first-order valence-electron chi connectivity index (χ1n) is 6.65. The van der Waals surface area contributed by atoms with E-state index < -0.39 is 0 Å². The van der Waals surface area contributed by atoms with Crippen LogP contribution in [0.1, 0.15) is 11.1 Å². The molecule has 2 aliphatic rings. The molecule has 19 heavy (non-hydrogen) atoms. The Kier molecular flexibility index (Phi) is 3.37. The SMILES string of the molecule is Cc1cc(Cl)ccc1CN1CCN2C(=O)NC[C@H]2C1. The average molecular weight is 280 g/mol. The number of aryl methyl sites for hydroxylation is 1. The van der Waals surface area contributed by atoms with Gasteiger partial charge in [-0.25, -0.2) is 4.79 Å². The van der Waals surface area contributed by atoms with E-state index in [1.165, 1.54) is 11.1 Å². The van der Waals surface area contributed by atoms with Crippen LogP contribution in [0.5, 0.6) is 0 Å². The minimum Gasteiger partial charge on any atom is -0.336 e. The summed E-state index contributed by atoms with van der Waals surface area (Å²) in [4.78, 5) is 15.9. The van der Waals surface area contributed by atoms with Crippen molar-refractivity contribution in [2.24, 2.45) is 0 Å². The van der Waals surface area contributed by atoms with Crippen LogP contribution in [-0.4, -0.2) is 48.1 Å². The quantitative estimate of drug-likeness (QED) is 0.897. The Hall–Kier alpha value is -1.26. The van der Waals surface area contributed by atoms with Gasteiger partial charge in [0.05, 0.1) is 6.04 Å². The summed E-state index contributed by atoms with van der Waals surface area (Å²) in [5.41, 5.74) is 2.55. The molecule has 0 aliphatic carbocycles. The predicted octanol–water partition coefficient (Wildman–Crippen LogP) is 1.86. The number of halogens is 1. The molecule has 2 fully saturated rings. The third-order valence-electron chi connectivity index (χ3n) is 4.02. The molecule has 2 aliphatic heterocycles. The monoisotopic (exact) mass is 279 g/mol. The molecule has 3 rings (SSSR count). The highest BCUT2D eigenvalue weighted by Crippen LogP contribution is 2.20. The van der Waals surface area contributed by atoms with E-state index in [0.717, 1.165) is 37.7 Å². The summed E-state index contributed by atoms with van der Waals surface area (Å²) in [6.07, 6.45) is 0. The third kappa shape index (κ3) is 2.55. The van der Waals surface area contributed by atoms with Gasteiger partial charge in [0.15, 0.2) is 0 Å². The standard InChI is InChI=1S/C14H18ClN3O/c1-10-6-12(15)3-2-11(10)8-17-4-5-18-13(9-17)7-16-14(18)19/h2-3,6,13H,4-5,7-9H2,1H3,(H,16,19)/t13-/m0/s1. The molecular formula is C14H18ClN3O. The molecular weight excluding hydrogens is 262 g/mol. The van der Waals surface area contributed by atoms with Crippen LogP contribution in [0.3, 0.4) is 0 Å². The summed E-state index contributed by atoms with van der Waals surface area (Å²) in [6, 6.07) is 6.47. The van der Waals surface area contributed by atoms with Crippen LogP contribution in [-0.2, 0) is 6.54 Å². The van der Waals surface area contributed by atoms with E-state index in [2.05, 4.69) is 23.2 Å². The van der Waals surface area contributed by atoms with Gasteiger partial charge in [-0.1, -0.05) is 17.7 Å². The highest BCUT2D eigenvalue weighted by molar-refractivity contribution is 6.30. The van der Waals surface area contributed by atoms with Gasteiger partial charge in [0.2, 0.25) is 0 Å². The maximum absolute atomic E-state index is 11.5. The highest BCUT2D eigenvalue weighted by Gasteiger charge is 2.35. The van der Waals surface area contributed by atoms with Gasteiger partial charge in [-0.05, 0) is 30.2 Å². The Morgan fingerprint density at radius 3 is 3.05 bits per heavy atom. The number of amides is 2. The zero-order valence-corrected chi connectivity index (χ0v) is 11.8. The molecule has 102 valence electrons. The van der Waals surface area contributed by atoms with Crippen LogP contribution < -0.4 is 5.32 Å². The van der Waals surface area contributed by atoms with E-state index in [-0.39, 0.29) is 6.03 Å². The fourth-order valence-corrected chi connectivity index (χ4v) is 3.12. The molecule has 1 aromatic carbocycles. The van der Waals surface area contributed by atoms with Crippen molar-refractivity contribution in [3.63, 3.8) is 0 Å². The van der Waals surface area contributed by atoms with Gasteiger partial charge in [0.25, 0.3) is 0 Å². The van der Waals surface area contributed by atoms with Gasteiger partial charge in [0.1, 0.15) is 0 Å². The first kappa shape index (κ1) is 12.8. The van der Waals surface area contributed by atoms with Crippen molar-refractivity contribution in [2.45, 2.75) is 19.5 Å². The van der Waals surface area contributed by atoms with E-state index in [4.69, 9.17) is 11.6 Å². The second kappa shape index (κ2) is 5.02. The van der Waals surface area contributed by atoms with Crippen molar-refractivity contribution < 1.29 is 4.79 Å². The molecule has 0 bridgehead atoms. The van der Waals surface area contributed by atoms with E-state index >= 15 is 0 Å². The fourth-order valence-electron chi connectivity index (χ4n) is 2.89. The molecule has 5 heteroatoms. The number of hydrogen-bond acceptors (Lipinski definition) is 2. The molecule has 1 N–H and O–H groups in total. The number of benzene rings is 1. The lowest BCUT2D eigenvalue weighted by Gasteiger charge is -2.36. The molecule has 2 amide bonds. The van der Waals surface area contributed by atoms with Crippen LogP contribution in [0.4, 0.5) is 4.79 Å². The molecule has 0 saturated carbocycles. The van der Waals surface area contributed by atoms with Crippen molar-refractivity contribution >= 4 is 17.6 Å². The lowest BCUT2D eigenvalue weighted by Crippen LogP contribution is -2.51. The zero-order valence-electron chi connectivity index (χ0n) is 11.0. The first-order chi connectivity index (χ1) is 9.13. The van der Waals surface area contributed by atoms with E-state index in [1.807, 2.05) is 17.0 Å². The maximum Gasteiger partial charge on any atom is 0.317 e. The fraction of sp³-hybridized carbons (Fsp3) is 0.500. The Morgan fingerprint density at radius 2 is 2.26 bits per heavy atom. The summed E-state index contributed by atoms with van der Waals surface area (Å²) in [6.45, 7) is 6.50. The summed E-state index contributed by atoms with van der Waals surface area (Å²) >= 11 is 5.98. The topological polar surface area (TPSA) is 35.6 Å². The van der Waals surface area contributed by atoms with Crippen LogP contribution in [0, 0.1) is 6.92 Å². The number of carbonyl (C=O) groups excluding carboxylic acids is 1. The lowest BCUT2D eigenvalue weighted by molar-refractivity contribution is 0.116. The molecule has 0 unspecified atom stereocenters. The largest absolute Gasteiger partial charge is 0.336 e. The summed E-state index contributed by atoms with van der Waals surface area (Å²) < 4.78 is 0. The predicted molar refractivity (Wildman–Crippen MR) is 75.4 cm³/mol. The number of carbonyl (C=O) groups is 1. The van der Waals surface area contributed by atoms with Crippen molar-refractivity contribution in [1.29, 1.82) is 0 Å². The Balaban J connectivity index is 1.66. The zero-order chi connectivity index (χ0) is 13.4. The molecule has 2 saturated heterocycles. The third-order valence-corrected chi connectivity index (χ3v) is 4.25. The smallest absolute Gasteiger partial charge is 0.317 e. The van der Waals surface area contributed by atoms with Crippen molar-refractivity contribution in [1.82, 2.24) is 15.1 Å². The van der Waals surface area contributed by atoms with Crippen LogP contribution >= 0.6 is 11.6 Å². The molecule has 0 radical (unpaired) electrons. The molecule has 4 nitrogen and oxygen atoms in total. The summed E-state index contributed by atoms with van der Waals surface area (Å²) in [5, 5.41) is 3.70. The van der Waals surface area contributed by atoms with Crippen molar-refractivity contribution in [3.05, 3.63) is 34.3 Å². The highest BCUT2D eigenvalue weighted by atomic mass is 35.5. The summed E-state index contributed by atoms with van der Waals surface area (Å²) in [7, 11) is 0. The molecule has 0 aromatic heterocycles. The Bertz CT molecular complexity index is 505.